The second-order valence-electron chi connectivity index (χ2n) is 5.82. The Morgan fingerprint density at radius 2 is 1.64 bits per heavy atom. The normalized spacial score (nSPS) is 11.1. The van der Waals surface area contributed by atoms with Crippen LogP contribution in [0.3, 0.4) is 0 Å². The van der Waals surface area contributed by atoms with E-state index in [1.54, 1.807) is 19.9 Å². The van der Waals surface area contributed by atoms with Crippen LogP contribution in [0.4, 0.5) is 0 Å². The van der Waals surface area contributed by atoms with Gasteiger partial charge in [-0.15, -0.1) is 0 Å². The molecule has 0 fully saturated rings. The van der Waals surface area contributed by atoms with E-state index < -0.39 is 0 Å². The maximum Gasteiger partial charge on any atom is 0.196 e. The SMILES string of the molecule is Cc1ccc(-c2oc3cc(O)cc(C)c3c(=O)c2C)cc1C. The van der Waals surface area contributed by atoms with Gasteiger partial charge in [0.05, 0.1) is 5.39 Å². The molecule has 0 atom stereocenters. The van der Waals surface area contributed by atoms with Crippen LogP contribution < -0.4 is 5.43 Å². The average Bonchev–Trinajstić information content (AvgIpc) is 2.45. The highest BCUT2D eigenvalue weighted by molar-refractivity contribution is 5.84. The summed E-state index contributed by atoms with van der Waals surface area (Å²) in [6.45, 7) is 7.66. The van der Waals surface area contributed by atoms with Crippen molar-refractivity contribution in [1.82, 2.24) is 0 Å². The summed E-state index contributed by atoms with van der Waals surface area (Å²) in [5.41, 5.74) is 4.89. The minimum Gasteiger partial charge on any atom is -0.508 e. The maximum absolute atomic E-state index is 12.7. The Labute approximate surface area is 128 Å². The summed E-state index contributed by atoms with van der Waals surface area (Å²) in [5.74, 6) is 0.661. The van der Waals surface area contributed by atoms with E-state index in [1.165, 1.54) is 11.6 Å². The molecule has 0 radical (unpaired) electrons. The molecule has 1 N–H and O–H groups in total. The fourth-order valence-corrected chi connectivity index (χ4v) is 2.74. The van der Waals surface area contributed by atoms with Crippen molar-refractivity contribution in [3.8, 4) is 17.1 Å². The monoisotopic (exact) mass is 294 g/mol. The van der Waals surface area contributed by atoms with E-state index in [9.17, 15) is 9.90 Å². The van der Waals surface area contributed by atoms with Gasteiger partial charge in [0.25, 0.3) is 0 Å². The van der Waals surface area contributed by atoms with Gasteiger partial charge in [0.15, 0.2) is 5.43 Å². The molecule has 3 aromatic rings. The zero-order valence-corrected chi connectivity index (χ0v) is 13.2. The lowest BCUT2D eigenvalue weighted by Crippen LogP contribution is -2.08. The van der Waals surface area contributed by atoms with E-state index in [-0.39, 0.29) is 11.2 Å². The Kier molecular flexibility index (Phi) is 3.28. The number of phenolic OH excluding ortho intramolecular Hbond substituents is 1. The molecule has 0 aliphatic heterocycles. The molecule has 0 saturated heterocycles. The average molecular weight is 294 g/mol. The van der Waals surface area contributed by atoms with Gasteiger partial charge in [0, 0.05) is 17.2 Å². The van der Waals surface area contributed by atoms with Crippen molar-refractivity contribution < 1.29 is 9.52 Å². The maximum atomic E-state index is 12.7. The Hall–Kier alpha value is -2.55. The van der Waals surface area contributed by atoms with Crippen LogP contribution in [0.25, 0.3) is 22.3 Å². The predicted molar refractivity (Wildman–Crippen MR) is 88.5 cm³/mol. The van der Waals surface area contributed by atoms with Crippen molar-refractivity contribution in [3.63, 3.8) is 0 Å². The molecule has 3 heteroatoms. The highest BCUT2D eigenvalue weighted by Crippen LogP contribution is 2.30. The van der Waals surface area contributed by atoms with Gasteiger partial charge in [-0.3, -0.25) is 4.79 Å². The Morgan fingerprint density at radius 3 is 2.32 bits per heavy atom. The molecule has 22 heavy (non-hydrogen) atoms. The van der Waals surface area contributed by atoms with Crippen LogP contribution in [-0.4, -0.2) is 5.11 Å². The van der Waals surface area contributed by atoms with Crippen LogP contribution in [0.1, 0.15) is 22.3 Å². The largest absolute Gasteiger partial charge is 0.508 e. The van der Waals surface area contributed by atoms with Gasteiger partial charge in [-0.25, -0.2) is 0 Å². The van der Waals surface area contributed by atoms with Crippen molar-refractivity contribution in [1.29, 1.82) is 0 Å². The first-order valence-corrected chi connectivity index (χ1v) is 7.23. The Bertz CT molecular complexity index is 949. The van der Waals surface area contributed by atoms with Gasteiger partial charge in [-0.05, 0) is 56.5 Å². The first kappa shape index (κ1) is 14.4. The molecule has 0 saturated carbocycles. The van der Waals surface area contributed by atoms with E-state index in [4.69, 9.17) is 4.42 Å². The molecule has 3 rings (SSSR count). The molecular formula is C19H18O3. The smallest absolute Gasteiger partial charge is 0.196 e. The lowest BCUT2D eigenvalue weighted by molar-refractivity contribution is 0.474. The summed E-state index contributed by atoms with van der Waals surface area (Å²) in [7, 11) is 0. The fourth-order valence-electron chi connectivity index (χ4n) is 2.74. The number of benzene rings is 2. The van der Waals surface area contributed by atoms with Crippen molar-refractivity contribution in [2.75, 3.05) is 0 Å². The summed E-state index contributed by atoms with van der Waals surface area (Å²) in [4.78, 5) is 12.7. The number of hydrogen-bond donors (Lipinski definition) is 1. The minimum absolute atomic E-state index is 0.0491. The summed E-state index contributed by atoms with van der Waals surface area (Å²) >= 11 is 0. The molecular weight excluding hydrogens is 276 g/mol. The van der Waals surface area contributed by atoms with Crippen LogP contribution in [-0.2, 0) is 0 Å². The van der Waals surface area contributed by atoms with E-state index in [2.05, 4.69) is 0 Å². The van der Waals surface area contributed by atoms with Gasteiger partial charge in [0.1, 0.15) is 17.1 Å². The molecule has 3 nitrogen and oxygen atoms in total. The van der Waals surface area contributed by atoms with Gasteiger partial charge in [-0.2, -0.15) is 0 Å². The zero-order chi connectivity index (χ0) is 16.0. The first-order valence-electron chi connectivity index (χ1n) is 7.23. The fraction of sp³-hybridized carbons (Fsp3) is 0.211. The summed E-state index contributed by atoms with van der Waals surface area (Å²) in [5, 5.41) is 10.3. The molecule has 0 spiro atoms. The molecule has 0 bridgehead atoms. The third kappa shape index (κ3) is 2.19. The van der Waals surface area contributed by atoms with Crippen LogP contribution in [0, 0.1) is 27.7 Å². The minimum atomic E-state index is -0.0491. The second kappa shape index (κ2) is 5.02. The zero-order valence-electron chi connectivity index (χ0n) is 13.2. The number of hydrogen-bond acceptors (Lipinski definition) is 3. The lowest BCUT2D eigenvalue weighted by atomic mass is 10.0. The predicted octanol–water partition coefficient (Wildman–Crippen LogP) is 4.40. The van der Waals surface area contributed by atoms with Crippen molar-refractivity contribution in [2.24, 2.45) is 0 Å². The molecule has 2 aromatic carbocycles. The quantitative estimate of drug-likeness (QED) is 0.723. The molecule has 112 valence electrons. The molecule has 0 aliphatic rings. The van der Waals surface area contributed by atoms with Crippen LogP contribution in [0.15, 0.2) is 39.5 Å². The Morgan fingerprint density at radius 1 is 0.909 bits per heavy atom. The van der Waals surface area contributed by atoms with Gasteiger partial charge >= 0.3 is 0 Å². The molecule has 0 unspecified atom stereocenters. The first-order chi connectivity index (χ1) is 10.4. The molecule has 1 aromatic heterocycles. The van der Waals surface area contributed by atoms with Gasteiger partial charge in [-0.1, -0.05) is 12.1 Å². The highest BCUT2D eigenvalue weighted by atomic mass is 16.3. The highest BCUT2D eigenvalue weighted by Gasteiger charge is 2.15. The second-order valence-corrected chi connectivity index (χ2v) is 5.82. The van der Waals surface area contributed by atoms with Crippen LogP contribution in [0.5, 0.6) is 5.75 Å². The number of phenols is 1. The molecule has 0 amide bonds. The number of aryl methyl sites for hydroxylation is 3. The lowest BCUT2D eigenvalue weighted by Gasteiger charge is -2.10. The summed E-state index contributed by atoms with van der Waals surface area (Å²) < 4.78 is 5.96. The van der Waals surface area contributed by atoms with E-state index >= 15 is 0 Å². The number of fused-ring (bicyclic) bond motifs is 1. The third-order valence-electron chi connectivity index (χ3n) is 4.17. The van der Waals surface area contributed by atoms with Crippen molar-refractivity contribution in [3.05, 3.63) is 62.8 Å². The summed E-state index contributed by atoms with van der Waals surface area (Å²) in [6, 6.07) is 9.06. The van der Waals surface area contributed by atoms with E-state index in [0.717, 1.165) is 16.7 Å². The van der Waals surface area contributed by atoms with Crippen LogP contribution >= 0.6 is 0 Å². The van der Waals surface area contributed by atoms with Gasteiger partial charge < -0.3 is 9.52 Å². The van der Waals surface area contributed by atoms with Crippen molar-refractivity contribution >= 4 is 11.0 Å². The molecule has 1 heterocycles. The Balaban J connectivity index is 2.38. The summed E-state index contributed by atoms with van der Waals surface area (Å²) in [6.07, 6.45) is 0. The third-order valence-corrected chi connectivity index (χ3v) is 4.17. The number of aromatic hydroxyl groups is 1. The van der Waals surface area contributed by atoms with Crippen LogP contribution in [0.2, 0.25) is 0 Å². The van der Waals surface area contributed by atoms with E-state index in [0.29, 0.717) is 22.3 Å². The molecule has 0 aliphatic carbocycles. The topological polar surface area (TPSA) is 50.4 Å². The van der Waals surface area contributed by atoms with Crippen molar-refractivity contribution in [2.45, 2.75) is 27.7 Å². The standard InChI is InChI=1S/C19H18O3/c1-10-5-6-14(7-11(10)2)19-13(4)18(21)17-12(3)8-15(20)9-16(17)22-19/h5-9,20H,1-4H3. The number of rotatable bonds is 1. The van der Waals surface area contributed by atoms with Gasteiger partial charge in [0.2, 0.25) is 0 Å². The van der Waals surface area contributed by atoms with E-state index in [1.807, 2.05) is 32.0 Å².